The van der Waals surface area contributed by atoms with Crippen LogP contribution in [-0.4, -0.2) is 25.5 Å². The molecule has 2 heterocycles. The Morgan fingerprint density at radius 2 is 2.16 bits per heavy atom. The molecule has 0 aliphatic carbocycles. The highest BCUT2D eigenvalue weighted by molar-refractivity contribution is 14.1. The molecule has 0 saturated carbocycles. The summed E-state index contributed by atoms with van der Waals surface area (Å²) in [6.45, 7) is 2.94. The van der Waals surface area contributed by atoms with E-state index in [9.17, 15) is 9.18 Å². The Balaban J connectivity index is 1.54. The largest absolute Gasteiger partial charge is 0.323 e. The van der Waals surface area contributed by atoms with Crippen molar-refractivity contribution in [3.63, 3.8) is 0 Å². The highest BCUT2D eigenvalue weighted by Gasteiger charge is 2.08. The Morgan fingerprint density at radius 3 is 2.88 bits per heavy atom. The van der Waals surface area contributed by atoms with Crippen LogP contribution in [-0.2, 0) is 17.9 Å². The summed E-state index contributed by atoms with van der Waals surface area (Å²) in [6, 6.07) is 6.36. The fraction of sp³-hybridized carbons (Fsp3) is 0.235. The van der Waals surface area contributed by atoms with Gasteiger partial charge in [0.05, 0.1) is 34.7 Å². The molecule has 8 heteroatoms. The molecule has 25 heavy (non-hydrogen) atoms. The number of aryl methyl sites for hydroxylation is 1. The number of halogens is 2. The van der Waals surface area contributed by atoms with Crippen molar-refractivity contribution in [2.75, 3.05) is 5.32 Å². The molecule has 1 N–H and O–H groups in total. The number of hydrogen-bond donors (Lipinski definition) is 1. The molecule has 0 unspecified atom stereocenters. The van der Waals surface area contributed by atoms with Crippen molar-refractivity contribution >= 4 is 34.2 Å². The van der Waals surface area contributed by atoms with E-state index in [1.165, 1.54) is 12.1 Å². The molecule has 0 spiro atoms. The number of rotatable bonds is 6. The monoisotopic (exact) mass is 453 g/mol. The predicted octanol–water partition coefficient (Wildman–Crippen LogP) is 3.21. The third kappa shape index (κ3) is 4.65. The predicted molar refractivity (Wildman–Crippen MR) is 101 cm³/mol. The second-order valence-corrected chi connectivity index (χ2v) is 6.82. The van der Waals surface area contributed by atoms with Crippen LogP contribution in [0.3, 0.4) is 0 Å². The lowest BCUT2D eigenvalue weighted by atomic mass is 10.2. The van der Waals surface area contributed by atoms with Gasteiger partial charge in [0.2, 0.25) is 5.91 Å². The summed E-state index contributed by atoms with van der Waals surface area (Å²) in [7, 11) is 0. The topological polar surface area (TPSA) is 64.7 Å². The van der Waals surface area contributed by atoms with E-state index < -0.39 is 0 Å². The Kier molecular flexibility index (Phi) is 5.47. The van der Waals surface area contributed by atoms with Crippen LogP contribution in [0.4, 0.5) is 10.1 Å². The summed E-state index contributed by atoms with van der Waals surface area (Å²) in [5, 5.41) is 11.2. The van der Waals surface area contributed by atoms with Gasteiger partial charge in [0.25, 0.3) is 0 Å². The Morgan fingerprint density at radius 1 is 1.32 bits per heavy atom. The van der Waals surface area contributed by atoms with Crippen LogP contribution in [0.5, 0.6) is 0 Å². The zero-order valence-corrected chi connectivity index (χ0v) is 15.8. The number of hydrogen-bond acceptors (Lipinski definition) is 3. The van der Waals surface area contributed by atoms with Crippen molar-refractivity contribution in [2.24, 2.45) is 0 Å². The average molecular weight is 453 g/mol. The van der Waals surface area contributed by atoms with Gasteiger partial charge in [-0.25, -0.2) is 4.39 Å². The molecule has 3 aromatic rings. The van der Waals surface area contributed by atoms with Crippen LogP contribution >= 0.6 is 22.6 Å². The lowest BCUT2D eigenvalue weighted by Gasteiger charge is -2.05. The summed E-state index contributed by atoms with van der Waals surface area (Å²) in [5.41, 5.74) is 2.48. The van der Waals surface area contributed by atoms with E-state index in [0.29, 0.717) is 25.2 Å². The van der Waals surface area contributed by atoms with Gasteiger partial charge >= 0.3 is 0 Å². The van der Waals surface area contributed by atoms with Gasteiger partial charge < -0.3 is 5.32 Å². The quantitative estimate of drug-likeness (QED) is 0.584. The number of carbonyl (C=O) groups is 1. The van der Waals surface area contributed by atoms with Gasteiger partial charge in [-0.2, -0.15) is 10.2 Å². The molecular formula is C17H17FIN5O. The van der Waals surface area contributed by atoms with Crippen LogP contribution in [0.1, 0.15) is 17.7 Å². The lowest BCUT2D eigenvalue weighted by molar-refractivity contribution is -0.116. The number of anilines is 1. The smallest absolute Gasteiger partial charge is 0.226 e. The SMILES string of the molecule is Cc1c(I)cnn1CCC(=O)Nc1cnn(Cc2cccc(F)c2)c1. The second-order valence-electron chi connectivity index (χ2n) is 5.66. The van der Waals surface area contributed by atoms with E-state index >= 15 is 0 Å². The fourth-order valence-corrected chi connectivity index (χ4v) is 2.82. The van der Waals surface area contributed by atoms with Gasteiger partial charge in [-0.1, -0.05) is 12.1 Å². The summed E-state index contributed by atoms with van der Waals surface area (Å²) in [4.78, 5) is 12.1. The van der Waals surface area contributed by atoms with Crippen LogP contribution in [0.25, 0.3) is 0 Å². The molecule has 0 saturated heterocycles. The van der Waals surface area contributed by atoms with Gasteiger partial charge in [-0.3, -0.25) is 14.2 Å². The van der Waals surface area contributed by atoms with Crippen LogP contribution in [0.2, 0.25) is 0 Å². The molecule has 0 radical (unpaired) electrons. The van der Waals surface area contributed by atoms with Crippen LogP contribution in [0.15, 0.2) is 42.9 Å². The van der Waals surface area contributed by atoms with E-state index in [2.05, 4.69) is 38.1 Å². The fourth-order valence-electron chi connectivity index (χ4n) is 2.42. The van der Waals surface area contributed by atoms with Crippen molar-refractivity contribution in [3.05, 3.63) is 63.5 Å². The van der Waals surface area contributed by atoms with Crippen molar-refractivity contribution in [2.45, 2.75) is 26.4 Å². The maximum atomic E-state index is 13.2. The molecule has 130 valence electrons. The second kappa shape index (κ2) is 7.77. The third-order valence-electron chi connectivity index (χ3n) is 3.74. The first-order chi connectivity index (χ1) is 12.0. The van der Waals surface area contributed by atoms with Crippen molar-refractivity contribution < 1.29 is 9.18 Å². The number of nitrogens with one attached hydrogen (secondary N) is 1. The van der Waals surface area contributed by atoms with E-state index in [0.717, 1.165) is 14.8 Å². The first-order valence-electron chi connectivity index (χ1n) is 7.76. The Labute approximate surface area is 158 Å². The molecule has 6 nitrogen and oxygen atoms in total. The summed E-state index contributed by atoms with van der Waals surface area (Å²) < 4.78 is 17.8. The molecule has 1 aromatic carbocycles. The molecule has 0 atom stereocenters. The maximum absolute atomic E-state index is 13.2. The number of carbonyl (C=O) groups excluding carboxylic acids is 1. The van der Waals surface area contributed by atoms with Gasteiger partial charge in [0.1, 0.15) is 5.82 Å². The molecule has 1 amide bonds. The summed E-state index contributed by atoms with van der Waals surface area (Å²) >= 11 is 2.22. The zero-order valence-electron chi connectivity index (χ0n) is 13.6. The van der Waals surface area contributed by atoms with Crippen LogP contribution in [0, 0.1) is 16.3 Å². The highest BCUT2D eigenvalue weighted by atomic mass is 127. The summed E-state index contributed by atoms with van der Waals surface area (Å²) in [6.07, 6.45) is 5.42. The molecule has 0 bridgehead atoms. The zero-order chi connectivity index (χ0) is 17.8. The standard InChI is InChI=1S/C17H17FIN5O/c1-12-16(19)9-21-24(12)6-5-17(25)22-15-8-20-23(11-15)10-13-3-2-4-14(18)7-13/h2-4,7-9,11H,5-6,10H2,1H3,(H,22,25). The van der Waals surface area contributed by atoms with Gasteiger partial charge in [-0.05, 0) is 47.2 Å². The molecule has 0 fully saturated rings. The minimum absolute atomic E-state index is 0.102. The van der Waals surface area contributed by atoms with Crippen LogP contribution < -0.4 is 5.32 Å². The summed E-state index contributed by atoms with van der Waals surface area (Å²) in [5.74, 6) is -0.378. The molecule has 3 rings (SSSR count). The Bertz CT molecular complexity index is 889. The maximum Gasteiger partial charge on any atom is 0.226 e. The number of benzene rings is 1. The molecular weight excluding hydrogens is 436 g/mol. The van der Waals surface area contributed by atoms with Gasteiger partial charge in [0, 0.05) is 18.3 Å². The first-order valence-corrected chi connectivity index (χ1v) is 8.84. The minimum atomic E-state index is -0.276. The first kappa shape index (κ1) is 17.6. The highest BCUT2D eigenvalue weighted by Crippen LogP contribution is 2.12. The van der Waals surface area contributed by atoms with Crippen molar-refractivity contribution in [3.8, 4) is 0 Å². The average Bonchev–Trinajstić information content (AvgIpc) is 3.13. The van der Waals surface area contributed by atoms with E-state index in [1.807, 2.05) is 17.7 Å². The molecule has 0 aliphatic rings. The minimum Gasteiger partial charge on any atom is -0.323 e. The van der Waals surface area contributed by atoms with Crippen molar-refractivity contribution in [1.29, 1.82) is 0 Å². The molecule has 2 aromatic heterocycles. The number of nitrogens with zero attached hydrogens (tertiary/aromatic N) is 4. The van der Waals surface area contributed by atoms with E-state index in [4.69, 9.17) is 0 Å². The normalized spacial score (nSPS) is 10.8. The molecule has 0 aliphatic heterocycles. The third-order valence-corrected chi connectivity index (χ3v) is 4.80. The number of amides is 1. The van der Waals surface area contributed by atoms with Gasteiger partial charge in [-0.15, -0.1) is 0 Å². The van der Waals surface area contributed by atoms with Crippen molar-refractivity contribution in [1.82, 2.24) is 19.6 Å². The lowest BCUT2D eigenvalue weighted by Crippen LogP contribution is -2.15. The number of aromatic nitrogens is 4. The Hall–Kier alpha value is -2.23. The van der Waals surface area contributed by atoms with E-state index in [1.54, 1.807) is 29.3 Å². The van der Waals surface area contributed by atoms with E-state index in [-0.39, 0.29) is 11.7 Å². The van der Waals surface area contributed by atoms with Gasteiger partial charge in [0.15, 0.2) is 0 Å².